The van der Waals surface area contributed by atoms with Gasteiger partial charge in [0.2, 0.25) is 11.8 Å². The zero-order chi connectivity index (χ0) is 30.4. The number of pyridine rings is 2. The van der Waals surface area contributed by atoms with Gasteiger partial charge in [0.1, 0.15) is 11.4 Å². The van der Waals surface area contributed by atoms with Crippen LogP contribution in [0.5, 0.6) is 23.3 Å². The summed E-state index contributed by atoms with van der Waals surface area (Å²) in [6, 6.07) is 25.5. The van der Waals surface area contributed by atoms with E-state index >= 15 is 0 Å². The van der Waals surface area contributed by atoms with Crippen molar-refractivity contribution < 1.29 is 51.5 Å². The van der Waals surface area contributed by atoms with Crippen molar-refractivity contribution in [1.29, 1.82) is 0 Å². The second-order valence-electron chi connectivity index (χ2n) is 8.70. The Morgan fingerprint density at radius 3 is 1.80 bits per heavy atom. The Morgan fingerprint density at radius 2 is 1.32 bits per heavy atom. The zero-order valence-corrected chi connectivity index (χ0v) is 24.8. The van der Waals surface area contributed by atoms with Crippen LogP contribution in [0.15, 0.2) is 84.9 Å². The monoisotopic (exact) mass is 782 g/mol. The number of nitrogens with zero attached hydrogens (tertiary/aromatic N) is 5. The van der Waals surface area contributed by atoms with Crippen LogP contribution in [0, 0.1) is 30.7 Å². The molecule has 0 aliphatic heterocycles. The average Bonchev–Trinajstić information content (AvgIpc) is 3.67. The summed E-state index contributed by atoms with van der Waals surface area (Å²) in [4.78, 5) is 8.41. The van der Waals surface area contributed by atoms with E-state index in [1.54, 1.807) is 12.1 Å². The van der Waals surface area contributed by atoms with E-state index < -0.39 is 17.7 Å². The topological polar surface area (TPSA) is 99.9 Å². The van der Waals surface area contributed by atoms with Crippen LogP contribution in [0.1, 0.15) is 11.4 Å². The van der Waals surface area contributed by atoms with Crippen LogP contribution in [0.4, 0.5) is 22.0 Å². The summed E-state index contributed by atoms with van der Waals surface area (Å²) in [7, 11) is 0. The normalized spacial score (nSPS) is 10.8. The molecule has 0 amide bonds. The molecule has 1 N–H and O–H groups in total. The Balaban J connectivity index is 0.000000198. The average molecular weight is 782 g/mol. The van der Waals surface area contributed by atoms with Crippen LogP contribution < -0.4 is 14.6 Å². The molecule has 8 nitrogen and oxygen atoms in total. The van der Waals surface area contributed by atoms with E-state index in [4.69, 9.17) is 9.47 Å². The molecule has 0 saturated carbocycles. The number of aromatic amines is 1. The van der Waals surface area contributed by atoms with Gasteiger partial charge < -0.3 is 19.7 Å². The number of H-pyrrole nitrogens is 1. The van der Waals surface area contributed by atoms with Gasteiger partial charge in [0.05, 0.1) is 11.4 Å². The first-order chi connectivity index (χ1) is 20.6. The fourth-order valence-corrected chi connectivity index (χ4v) is 3.48. The molecular weight excluding hydrogens is 764 g/mol. The molecule has 0 saturated heterocycles. The largest absolute Gasteiger partial charge is 3.00 e. The number of rotatable bonds is 6. The summed E-state index contributed by atoms with van der Waals surface area (Å²) in [5.41, 5.74) is 1.47. The number of aryl methyl sites for hydroxylation is 1. The molecule has 4 aromatic heterocycles. The van der Waals surface area contributed by atoms with E-state index in [1.165, 1.54) is 42.5 Å². The molecule has 4 heterocycles. The van der Waals surface area contributed by atoms with Crippen LogP contribution in [0.3, 0.4) is 0 Å². The molecule has 0 atom stereocenters. The number of aromatic nitrogens is 6. The van der Waals surface area contributed by atoms with Gasteiger partial charge in [-0.15, -0.1) is 48.5 Å². The van der Waals surface area contributed by atoms with Gasteiger partial charge in [-0.25, -0.2) is 9.97 Å². The minimum Gasteiger partial charge on any atom is -0.574 e. The number of benzene rings is 2. The van der Waals surface area contributed by atoms with Crippen molar-refractivity contribution in [3.63, 3.8) is 0 Å². The zero-order valence-electron chi connectivity index (χ0n) is 22.4. The summed E-state index contributed by atoms with van der Waals surface area (Å²) >= 11 is 0. The van der Waals surface area contributed by atoms with Gasteiger partial charge in [0.25, 0.3) is 0 Å². The standard InChI is InChI=1S/C15H8F4N3O.C15H10FN3O.Ir/c16-9-4-6-10(7-5-9)23-14-3-1-2-11(20-14)12-8-13(22-21-12)15(17,18)19;1-10-9-14(19-18-10)13-3-2-4-15(17-13)20-12-7-5-11(16)6-8-12;/h1-6,8H,(H,21,22);2-7,9H,1H3;/q-1;-2;+3. The second-order valence-corrected chi connectivity index (χ2v) is 8.70. The molecule has 44 heavy (non-hydrogen) atoms. The minimum atomic E-state index is -4.51. The maximum absolute atomic E-state index is 12.8. The summed E-state index contributed by atoms with van der Waals surface area (Å²) in [5, 5.41) is 13.5. The number of hydrogen-bond acceptors (Lipinski definition) is 6. The third kappa shape index (κ3) is 8.55. The molecule has 0 unspecified atom stereocenters. The van der Waals surface area contributed by atoms with Gasteiger partial charge >= 0.3 is 26.3 Å². The summed E-state index contributed by atoms with van der Waals surface area (Å²) in [6.07, 6.45) is -4.51. The third-order valence-corrected chi connectivity index (χ3v) is 5.44. The Bertz CT molecular complexity index is 1810. The SMILES string of the molecule is Cc1cc(-c2cccc(Oc3[c-]cc(F)cc3)n2)[n-]n1.Fc1c[c-]c(Oc2cccc(-c3cc(C(F)(F)F)[nH]n3)n2)cc1.[Ir+3]. The minimum absolute atomic E-state index is 0. The van der Waals surface area contributed by atoms with Crippen molar-refractivity contribution in [1.82, 2.24) is 30.4 Å². The molecule has 6 aromatic rings. The molecule has 14 heteroatoms. The van der Waals surface area contributed by atoms with Gasteiger partial charge in [-0.1, -0.05) is 23.9 Å². The van der Waals surface area contributed by atoms with Crippen molar-refractivity contribution in [2.45, 2.75) is 13.1 Å². The molecule has 0 spiro atoms. The molecule has 0 fully saturated rings. The van der Waals surface area contributed by atoms with Crippen molar-refractivity contribution in [2.75, 3.05) is 0 Å². The van der Waals surface area contributed by atoms with Gasteiger partial charge in [-0.2, -0.15) is 18.3 Å². The predicted octanol–water partition coefficient (Wildman–Crippen LogP) is 7.36. The molecular formula is C30H18F5IrN6O2. The quantitative estimate of drug-likeness (QED) is 0.139. The first kappa shape index (κ1) is 32.0. The molecule has 0 aliphatic carbocycles. The maximum atomic E-state index is 12.8. The van der Waals surface area contributed by atoms with Crippen LogP contribution >= 0.6 is 0 Å². The number of alkyl halides is 3. The molecule has 0 bridgehead atoms. The van der Waals surface area contributed by atoms with Crippen LogP contribution in [0.2, 0.25) is 0 Å². The van der Waals surface area contributed by atoms with E-state index in [-0.39, 0.29) is 48.9 Å². The van der Waals surface area contributed by atoms with Crippen molar-refractivity contribution in [3.8, 4) is 46.0 Å². The summed E-state index contributed by atoms with van der Waals surface area (Å²) in [5.74, 6) is 0.333. The van der Waals surface area contributed by atoms with E-state index in [9.17, 15) is 22.0 Å². The van der Waals surface area contributed by atoms with Gasteiger partial charge in [0.15, 0.2) is 0 Å². The van der Waals surface area contributed by atoms with Crippen LogP contribution in [0.25, 0.3) is 22.8 Å². The molecule has 224 valence electrons. The molecule has 2 aromatic carbocycles. The predicted molar refractivity (Wildman–Crippen MR) is 143 cm³/mol. The molecule has 0 radical (unpaired) electrons. The van der Waals surface area contributed by atoms with E-state index in [1.807, 2.05) is 30.2 Å². The third-order valence-electron chi connectivity index (χ3n) is 5.44. The number of hydrogen-bond donors (Lipinski definition) is 1. The Morgan fingerprint density at radius 1 is 0.750 bits per heavy atom. The van der Waals surface area contributed by atoms with Gasteiger partial charge in [-0.05, 0) is 25.1 Å². The van der Waals surface area contributed by atoms with Gasteiger partial charge in [0, 0.05) is 41.0 Å². The second kappa shape index (κ2) is 14.0. The van der Waals surface area contributed by atoms with Crippen molar-refractivity contribution >= 4 is 0 Å². The van der Waals surface area contributed by atoms with Crippen molar-refractivity contribution in [2.24, 2.45) is 0 Å². The first-order valence-electron chi connectivity index (χ1n) is 12.4. The summed E-state index contributed by atoms with van der Waals surface area (Å²) < 4.78 is 74.2. The Labute approximate surface area is 260 Å². The van der Waals surface area contributed by atoms with Crippen LogP contribution in [-0.2, 0) is 26.3 Å². The van der Waals surface area contributed by atoms with E-state index in [0.29, 0.717) is 23.0 Å². The van der Waals surface area contributed by atoms with Crippen LogP contribution in [-0.4, -0.2) is 25.3 Å². The van der Waals surface area contributed by atoms with Gasteiger partial charge in [-0.3, -0.25) is 13.9 Å². The fraction of sp³-hybridized carbons (Fsp3) is 0.0667. The fourth-order valence-electron chi connectivity index (χ4n) is 3.48. The van der Waals surface area contributed by atoms with E-state index in [0.717, 1.165) is 17.8 Å². The number of ether oxygens (including phenoxy) is 2. The Hall–Kier alpha value is -4.94. The maximum Gasteiger partial charge on any atom is 3.00 e. The molecule has 6 rings (SSSR count). The smallest absolute Gasteiger partial charge is 0.574 e. The first-order valence-corrected chi connectivity index (χ1v) is 12.4. The number of nitrogens with one attached hydrogen (secondary N) is 1. The van der Waals surface area contributed by atoms with Crippen molar-refractivity contribution in [3.05, 3.63) is 120 Å². The molecule has 0 aliphatic rings. The Kier molecular flexibility index (Phi) is 10.2. The number of halogens is 5. The summed E-state index contributed by atoms with van der Waals surface area (Å²) in [6.45, 7) is 1.87. The van der Waals surface area contributed by atoms with E-state index in [2.05, 4.69) is 37.4 Å².